The zero-order chi connectivity index (χ0) is 14.7. The third-order valence-corrected chi connectivity index (χ3v) is 4.26. The molecule has 0 radical (unpaired) electrons. The van der Waals surface area contributed by atoms with Crippen molar-refractivity contribution >= 4 is 29.4 Å². The van der Waals surface area contributed by atoms with Gasteiger partial charge in [0.1, 0.15) is 6.04 Å². The SMILES string of the molecule is CC(C)c1ccccc1NC(=O)N1CSC[C@H]1C(=O)O. The Morgan fingerprint density at radius 3 is 2.75 bits per heavy atom. The number of carbonyl (C=O) groups is 2. The number of carboxylic acids is 1. The van der Waals surface area contributed by atoms with Crippen molar-refractivity contribution in [1.82, 2.24) is 4.90 Å². The number of carboxylic acid groups (broad SMARTS) is 1. The second-order valence-corrected chi connectivity index (χ2v) is 6.00. The minimum absolute atomic E-state index is 0.287. The maximum absolute atomic E-state index is 12.2. The van der Waals surface area contributed by atoms with E-state index in [0.717, 1.165) is 11.3 Å². The molecule has 6 heteroatoms. The summed E-state index contributed by atoms with van der Waals surface area (Å²) in [7, 11) is 0. The van der Waals surface area contributed by atoms with E-state index in [0.29, 0.717) is 11.6 Å². The monoisotopic (exact) mass is 294 g/mol. The van der Waals surface area contributed by atoms with Gasteiger partial charge in [0.05, 0.1) is 5.88 Å². The summed E-state index contributed by atoms with van der Waals surface area (Å²) in [5.74, 6) is 0.179. The van der Waals surface area contributed by atoms with Crippen LogP contribution in [0.5, 0.6) is 0 Å². The van der Waals surface area contributed by atoms with Gasteiger partial charge in [0.2, 0.25) is 0 Å². The van der Waals surface area contributed by atoms with Gasteiger partial charge in [0, 0.05) is 11.4 Å². The topological polar surface area (TPSA) is 69.6 Å². The lowest BCUT2D eigenvalue weighted by molar-refractivity contribution is -0.140. The minimum atomic E-state index is -0.956. The lowest BCUT2D eigenvalue weighted by Gasteiger charge is -2.22. The highest BCUT2D eigenvalue weighted by atomic mass is 32.2. The molecule has 1 saturated heterocycles. The number of amides is 2. The number of urea groups is 1. The van der Waals surface area contributed by atoms with Crippen LogP contribution in [-0.2, 0) is 4.79 Å². The average molecular weight is 294 g/mol. The molecule has 20 heavy (non-hydrogen) atoms. The summed E-state index contributed by atoms with van der Waals surface area (Å²) in [6.45, 7) is 4.10. The Morgan fingerprint density at radius 1 is 1.40 bits per heavy atom. The number of rotatable bonds is 3. The van der Waals surface area contributed by atoms with Crippen LogP contribution in [0.15, 0.2) is 24.3 Å². The Balaban J connectivity index is 2.14. The van der Waals surface area contributed by atoms with E-state index in [1.807, 2.05) is 24.3 Å². The molecule has 0 aromatic heterocycles. The number of aliphatic carboxylic acids is 1. The summed E-state index contributed by atoms with van der Waals surface area (Å²) >= 11 is 1.45. The van der Waals surface area contributed by atoms with E-state index in [2.05, 4.69) is 19.2 Å². The number of para-hydroxylation sites is 1. The summed E-state index contributed by atoms with van der Waals surface area (Å²) in [4.78, 5) is 24.7. The third-order valence-electron chi connectivity index (χ3n) is 3.25. The fraction of sp³-hybridized carbons (Fsp3) is 0.429. The quantitative estimate of drug-likeness (QED) is 0.899. The van der Waals surface area contributed by atoms with Crippen LogP contribution >= 0.6 is 11.8 Å². The number of hydrogen-bond donors (Lipinski definition) is 2. The second-order valence-electron chi connectivity index (χ2n) is 5.00. The van der Waals surface area contributed by atoms with Crippen LogP contribution in [-0.4, -0.2) is 39.7 Å². The normalized spacial score (nSPS) is 18.4. The van der Waals surface area contributed by atoms with E-state index < -0.39 is 12.0 Å². The summed E-state index contributed by atoms with van der Waals surface area (Å²) in [6.07, 6.45) is 0. The molecule has 108 valence electrons. The predicted octanol–water partition coefficient (Wildman–Crippen LogP) is 2.80. The molecule has 1 heterocycles. The summed E-state index contributed by atoms with van der Waals surface area (Å²) in [5, 5.41) is 11.9. The first-order valence-electron chi connectivity index (χ1n) is 6.47. The van der Waals surface area contributed by atoms with Gasteiger partial charge in [0.15, 0.2) is 0 Å². The molecule has 2 N–H and O–H groups in total. The lowest BCUT2D eigenvalue weighted by Crippen LogP contribution is -2.44. The first kappa shape index (κ1) is 14.7. The maximum Gasteiger partial charge on any atom is 0.327 e. The molecule has 1 fully saturated rings. The minimum Gasteiger partial charge on any atom is -0.480 e. The number of anilines is 1. The fourth-order valence-corrected chi connectivity index (χ4v) is 3.29. The molecular formula is C14H18N2O3S. The summed E-state index contributed by atoms with van der Waals surface area (Å²) < 4.78 is 0. The maximum atomic E-state index is 12.2. The van der Waals surface area contributed by atoms with Gasteiger partial charge in [-0.15, -0.1) is 11.8 Å². The summed E-state index contributed by atoms with van der Waals surface area (Å²) in [6, 6.07) is 6.49. The standard InChI is InChI=1S/C14H18N2O3S/c1-9(2)10-5-3-4-6-11(10)15-14(19)16-8-20-7-12(16)13(17)18/h3-6,9,12H,7-8H2,1-2H3,(H,15,19)(H,17,18)/t12-/m0/s1. The van der Waals surface area contributed by atoms with Gasteiger partial charge in [-0.25, -0.2) is 9.59 Å². The van der Waals surface area contributed by atoms with Crippen molar-refractivity contribution in [2.45, 2.75) is 25.8 Å². The Hall–Kier alpha value is -1.69. The molecule has 2 amide bonds. The van der Waals surface area contributed by atoms with Crippen LogP contribution in [0.4, 0.5) is 10.5 Å². The summed E-state index contributed by atoms with van der Waals surface area (Å²) in [5.41, 5.74) is 1.79. The number of thioether (sulfide) groups is 1. The Morgan fingerprint density at radius 2 is 2.10 bits per heavy atom. The van der Waals surface area contributed by atoms with Crippen molar-refractivity contribution in [2.24, 2.45) is 0 Å². The van der Waals surface area contributed by atoms with Gasteiger partial charge in [-0.2, -0.15) is 0 Å². The molecule has 5 nitrogen and oxygen atoms in total. The molecule has 0 bridgehead atoms. The van der Waals surface area contributed by atoms with E-state index in [1.54, 1.807) is 0 Å². The van der Waals surface area contributed by atoms with Crippen molar-refractivity contribution in [3.8, 4) is 0 Å². The van der Waals surface area contributed by atoms with Crippen LogP contribution < -0.4 is 5.32 Å². The van der Waals surface area contributed by atoms with E-state index in [4.69, 9.17) is 5.11 Å². The molecule has 2 rings (SSSR count). The lowest BCUT2D eigenvalue weighted by atomic mass is 10.0. The average Bonchev–Trinajstić information content (AvgIpc) is 2.88. The first-order valence-corrected chi connectivity index (χ1v) is 7.63. The second kappa shape index (κ2) is 6.17. The molecule has 1 aromatic rings. The van der Waals surface area contributed by atoms with E-state index in [-0.39, 0.29) is 11.9 Å². The van der Waals surface area contributed by atoms with Gasteiger partial charge in [-0.3, -0.25) is 0 Å². The smallest absolute Gasteiger partial charge is 0.327 e. The number of nitrogens with zero attached hydrogens (tertiary/aromatic N) is 1. The number of benzene rings is 1. The van der Waals surface area contributed by atoms with Gasteiger partial charge < -0.3 is 15.3 Å². The number of nitrogens with one attached hydrogen (secondary N) is 1. The molecule has 0 unspecified atom stereocenters. The zero-order valence-corrected chi connectivity index (χ0v) is 12.3. The molecular weight excluding hydrogens is 276 g/mol. The van der Waals surface area contributed by atoms with Crippen LogP contribution in [0.3, 0.4) is 0 Å². The van der Waals surface area contributed by atoms with E-state index >= 15 is 0 Å². The molecule has 0 saturated carbocycles. The van der Waals surface area contributed by atoms with Gasteiger partial charge in [0.25, 0.3) is 0 Å². The molecule has 0 spiro atoms. The van der Waals surface area contributed by atoms with Crippen molar-refractivity contribution in [2.75, 3.05) is 16.9 Å². The fourth-order valence-electron chi connectivity index (χ4n) is 2.15. The van der Waals surface area contributed by atoms with Crippen LogP contribution in [0.2, 0.25) is 0 Å². The largest absolute Gasteiger partial charge is 0.480 e. The third kappa shape index (κ3) is 3.07. The van der Waals surface area contributed by atoms with Gasteiger partial charge >= 0.3 is 12.0 Å². The first-order chi connectivity index (χ1) is 9.50. The van der Waals surface area contributed by atoms with Crippen molar-refractivity contribution in [1.29, 1.82) is 0 Å². The number of hydrogen-bond acceptors (Lipinski definition) is 3. The Kier molecular flexibility index (Phi) is 4.54. The van der Waals surface area contributed by atoms with Crippen molar-refractivity contribution < 1.29 is 14.7 Å². The van der Waals surface area contributed by atoms with E-state index in [9.17, 15) is 9.59 Å². The highest BCUT2D eigenvalue weighted by molar-refractivity contribution is 7.99. The van der Waals surface area contributed by atoms with Crippen molar-refractivity contribution in [3.05, 3.63) is 29.8 Å². The van der Waals surface area contributed by atoms with E-state index in [1.165, 1.54) is 16.7 Å². The molecule has 1 atom stereocenters. The van der Waals surface area contributed by atoms with Gasteiger partial charge in [-0.05, 0) is 17.5 Å². The van der Waals surface area contributed by atoms with Crippen LogP contribution in [0.25, 0.3) is 0 Å². The zero-order valence-electron chi connectivity index (χ0n) is 11.5. The molecule has 1 aliphatic rings. The highest BCUT2D eigenvalue weighted by Crippen LogP contribution is 2.26. The predicted molar refractivity (Wildman–Crippen MR) is 80.1 cm³/mol. The molecule has 1 aromatic carbocycles. The molecule has 1 aliphatic heterocycles. The highest BCUT2D eigenvalue weighted by Gasteiger charge is 2.34. The van der Waals surface area contributed by atoms with Crippen molar-refractivity contribution in [3.63, 3.8) is 0 Å². The number of carbonyl (C=O) groups excluding carboxylic acids is 1. The Labute approximate surface area is 122 Å². The van der Waals surface area contributed by atoms with Crippen LogP contribution in [0, 0.1) is 0 Å². The van der Waals surface area contributed by atoms with Crippen LogP contribution in [0.1, 0.15) is 25.3 Å². The Bertz CT molecular complexity index is 519. The van der Waals surface area contributed by atoms with Gasteiger partial charge in [-0.1, -0.05) is 32.0 Å². The molecule has 0 aliphatic carbocycles.